The van der Waals surface area contributed by atoms with Gasteiger partial charge in [0.15, 0.2) is 0 Å². The lowest BCUT2D eigenvalue weighted by molar-refractivity contribution is 0.147. The first kappa shape index (κ1) is 16.0. The molecule has 1 rings (SSSR count). The van der Waals surface area contributed by atoms with Crippen molar-refractivity contribution in [1.82, 2.24) is 14.5 Å². The van der Waals surface area contributed by atoms with Gasteiger partial charge < -0.3 is 19.5 Å². The quantitative estimate of drug-likeness (QED) is 0.661. The Morgan fingerprint density at radius 1 is 1.47 bits per heavy atom. The summed E-state index contributed by atoms with van der Waals surface area (Å²) in [7, 11) is 4.21. The monoisotopic (exact) mass is 268 g/mol. The van der Waals surface area contributed by atoms with E-state index >= 15 is 0 Å². The van der Waals surface area contributed by atoms with Crippen molar-refractivity contribution in [3.05, 3.63) is 12.4 Å². The summed E-state index contributed by atoms with van der Waals surface area (Å²) >= 11 is 0. The lowest BCUT2D eigenvalue weighted by Gasteiger charge is -2.19. The maximum absolute atomic E-state index is 5.32. The fraction of sp³-hybridized carbons (Fsp3) is 0.786. The average molecular weight is 268 g/mol. The van der Waals surface area contributed by atoms with Crippen LogP contribution in [0.15, 0.2) is 12.4 Å². The van der Waals surface area contributed by atoms with Crippen molar-refractivity contribution in [2.75, 3.05) is 45.7 Å². The van der Waals surface area contributed by atoms with Gasteiger partial charge in [-0.3, -0.25) is 0 Å². The van der Waals surface area contributed by atoms with Crippen LogP contribution in [0.3, 0.4) is 0 Å². The molecule has 110 valence electrons. The molecule has 0 amide bonds. The van der Waals surface area contributed by atoms with Crippen LogP contribution in [0.5, 0.6) is 0 Å². The molecule has 1 heterocycles. The highest BCUT2D eigenvalue weighted by molar-refractivity contribution is 5.26. The van der Waals surface area contributed by atoms with E-state index in [0.29, 0.717) is 6.04 Å². The molecule has 1 unspecified atom stereocenters. The number of rotatable bonds is 10. The number of aromatic nitrogens is 2. The third kappa shape index (κ3) is 6.07. The molecule has 0 bridgehead atoms. The second kappa shape index (κ2) is 8.93. The third-order valence-electron chi connectivity index (χ3n) is 3.09. The molecule has 1 aromatic heterocycles. The van der Waals surface area contributed by atoms with Crippen molar-refractivity contribution in [3.63, 3.8) is 0 Å². The lowest BCUT2D eigenvalue weighted by Crippen LogP contribution is -2.19. The summed E-state index contributed by atoms with van der Waals surface area (Å²) in [5.74, 6) is 0.961. The van der Waals surface area contributed by atoms with Crippen LogP contribution in [0.2, 0.25) is 0 Å². The zero-order chi connectivity index (χ0) is 14.1. The zero-order valence-corrected chi connectivity index (χ0v) is 12.7. The van der Waals surface area contributed by atoms with Crippen LogP contribution >= 0.6 is 0 Å². The van der Waals surface area contributed by atoms with Crippen molar-refractivity contribution in [2.45, 2.75) is 32.7 Å². The predicted octanol–water partition coefficient (Wildman–Crippen LogP) is 2.23. The Hall–Kier alpha value is -1.07. The van der Waals surface area contributed by atoms with Gasteiger partial charge in [0.05, 0.1) is 0 Å². The van der Waals surface area contributed by atoms with Crippen molar-refractivity contribution in [1.29, 1.82) is 0 Å². The second-order valence-electron chi connectivity index (χ2n) is 5.08. The van der Waals surface area contributed by atoms with Crippen LogP contribution < -0.4 is 5.32 Å². The van der Waals surface area contributed by atoms with Crippen LogP contribution in [0.25, 0.3) is 0 Å². The second-order valence-corrected chi connectivity index (χ2v) is 5.08. The van der Waals surface area contributed by atoms with Crippen molar-refractivity contribution < 1.29 is 4.74 Å². The number of hydrogen-bond donors (Lipinski definition) is 1. The highest BCUT2D eigenvalue weighted by atomic mass is 16.5. The van der Waals surface area contributed by atoms with Crippen LogP contribution in [0.4, 0.5) is 5.95 Å². The summed E-state index contributed by atoms with van der Waals surface area (Å²) in [6.07, 6.45) is 6.03. The molecule has 5 nitrogen and oxygen atoms in total. The van der Waals surface area contributed by atoms with Crippen molar-refractivity contribution in [3.8, 4) is 0 Å². The SMILES string of the molecule is CCOCCCNc1nccn1C(C)CCN(C)C. The Bertz CT molecular complexity index is 338. The first-order valence-electron chi connectivity index (χ1n) is 7.14. The molecule has 1 aromatic rings. The standard InChI is InChI=1S/C14H28N4O/c1-5-19-12-6-8-15-14-16-9-11-18(14)13(2)7-10-17(3)4/h9,11,13H,5-8,10,12H2,1-4H3,(H,15,16). The topological polar surface area (TPSA) is 42.3 Å². The van der Waals surface area contributed by atoms with Gasteiger partial charge in [-0.15, -0.1) is 0 Å². The molecule has 0 aliphatic rings. The van der Waals surface area contributed by atoms with Gasteiger partial charge in [-0.1, -0.05) is 0 Å². The average Bonchev–Trinajstić information content (AvgIpc) is 2.84. The summed E-state index contributed by atoms with van der Waals surface area (Å²) in [4.78, 5) is 6.59. The highest BCUT2D eigenvalue weighted by Gasteiger charge is 2.09. The number of ether oxygens (including phenoxy) is 1. The summed E-state index contributed by atoms with van der Waals surface area (Å²) in [6, 6.07) is 0.458. The van der Waals surface area contributed by atoms with E-state index in [4.69, 9.17) is 4.74 Å². The molecule has 1 N–H and O–H groups in total. The molecule has 0 aromatic carbocycles. The van der Waals surface area contributed by atoms with Crippen LogP contribution in [0, 0.1) is 0 Å². The van der Waals surface area contributed by atoms with Crippen molar-refractivity contribution in [2.24, 2.45) is 0 Å². The highest BCUT2D eigenvalue weighted by Crippen LogP contribution is 2.16. The Labute approximate surface area is 117 Å². The molecule has 0 aliphatic heterocycles. The molecule has 0 fully saturated rings. The molecule has 1 atom stereocenters. The molecule has 0 spiro atoms. The molecule has 19 heavy (non-hydrogen) atoms. The van der Waals surface area contributed by atoms with E-state index in [-0.39, 0.29) is 0 Å². The normalized spacial score (nSPS) is 12.9. The third-order valence-corrected chi connectivity index (χ3v) is 3.09. The minimum absolute atomic E-state index is 0.458. The summed E-state index contributed by atoms with van der Waals surface area (Å²) in [5.41, 5.74) is 0. The molecule has 0 saturated heterocycles. The molecule has 0 aliphatic carbocycles. The number of nitrogens with one attached hydrogen (secondary N) is 1. The van der Waals surface area contributed by atoms with E-state index in [1.54, 1.807) is 0 Å². The smallest absolute Gasteiger partial charge is 0.203 e. The van der Waals surface area contributed by atoms with Gasteiger partial charge in [0.2, 0.25) is 5.95 Å². The molecular weight excluding hydrogens is 240 g/mol. The van der Waals surface area contributed by atoms with Crippen LogP contribution in [0.1, 0.15) is 32.7 Å². The maximum atomic E-state index is 5.32. The number of anilines is 1. The lowest BCUT2D eigenvalue weighted by atomic mass is 10.2. The van der Waals surface area contributed by atoms with Gasteiger partial charge in [-0.05, 0) is 47.3 Å². The maximum Gasteiger partial charge on any atom is 0.203 e. The summed E-state index contributed by atoms with van der Waals surface area (Å²) < 4.78 is 7.54. The van der Waals surface area contributed by atoms with E-state index < -0.39 is 0 Å². The largest absolute Gasteiger partial charge is 0.382 e. The van der Waals surface area contributed by atoms with Gasteiger partial charge in [0.1, 0.15) is 0 Å². The summed E-state index contributed by atoms with van der Waals surface area (Å²) in [6.45, 7) is 7.83. The Balaban J connectivity index is 2.36. The Morgan fingerprint density at radius 3 is 2.95 bits per heavy atom. The fourth-order valence-electron chi connectivity index (χ4n) is 1.91. The van der Waals surface area contributed by atoms with Crippen LogP contribution in [-0.4, -0.2) is 54.8 Å². The minimum Gasteiger partial charge on any atom is -0.382 e. The van der Waals surface area contributed by atoms with Crippen LogP contribution in [-0.2, 0) is 4.74 Å². The van der Waals surface area contributed by atoms with E-state index in [0.717, 1.165) is 45.1 Å². The zero-order valence-electron chi connectivity index (χ0n) is 12.7. The number of imidazole rings is 1. The van der Waals surface area contributed by atoms with Gasteiger partial charge in [0, 0.05) is 38.2 Å². The molecule has 0 saturated carbocycles. The molecule has 5 heteroatoms. The van der Waals surface area contributed by atoms with Gasteiger partial charge in [-0.25, -0.2) is 4.98 Å². The Kier molecular flexibility index (Phi) is 7.52. The van der Waals surface area contributed by atoms with Gasteiger partial charge in [0.25, 0.3) is 0 Å². The number of hydrogen-bond acceptors (Lipinski definition) is 4. The van der Waals surface area contributed by atoms with E-state index in [9.17, 15) is 0 Å². The first-order chi connectivity index (χ1) is 9.15. The minimum atomic E-state index is 0.458. The fourth-order valence-corrected chi connectivity index (χ4v) is 1.91. The number of nitrogens with zero attached hydrogens (tertiary/aromatic N) is 3. The predicted molar refractivity (Wildman–Crippen MR) is 79.7 cm³/mol. The first-order valence-corrected chi connectivity index (χ1v) is 7.14. The molecule has 0 radical (unpaired) electrons. The van der Waals surface area contributed by atoms with Crippen molar-refractivity contribution >= 4 is 5.95 Å². The van der Waals surface area contributed by atoms with E-state index in [1.807, 2.05) is 19.3 Å². The summed E-state index contributed by atoms with van der Waals surface area (Å²) in [5, 5.41) is 3.38. The Morgan fingerprint density at radius 2 is 2.26 bits per heavy atom. The van der Waals surface area contributed by atoms with Gasteiger partial charge in [-0.2, -0.15) is 0 Å². The van der Waals surface area contributed by atoms with Gasteiger partial charge >= 0.3 is 0 Å². The molecular formula is C14H28N4O. The van der Waals surface area contributed by atoms with E-state index in [1.165, 1.54) is 0 Å². The van der Waals surface area contributed by atoms with E-state index in [2.05, 4.69) is 40.8 Å².